The van der Waals surface area contributed by atoms with Crippen molar-refractivity contribution >= 4 is 14.3 Å². The molecule has 2 bridgehead atoms. The summed E-state index contributed by atoms with van der Waals surface area (Å²) in [6.07, 6.45) is 1.35. The van der Waals surface area contributed by atoms with Crippen LogP contribution in [0.1, 0.15) is 82.4 Å². The molecule has 0 amide bonds. The molecule has 6 atom stereocenters. The fourth-order valence-corrected chi connectivity index (χ4v) is 10.9. The van der Waals surface area contributed by atoms with Crippen LogP contribution in [-0.2, 0) is 30.7 Å². The summed E-state index contributed by atoms with van der Waals surface area (Å²) < 4.78 is 43.9. The third kappa shape index (κ3) is 9.16. The highest BCUT2D eigenvalue weighted by atomic mass is 31.2. The topological polar surface area (TPSA) is 129 Å². The van der Waals surface area contributed by atoms with E-state index in [0.29, 0.717) is 25.2 Å². The average Bonchev–Trinajstić information content (AvgIpc) is 3.80. The number of methoxy groups -OCH3 is 2. The van der Waals surface area contributed by atoms with Crippen molar-refractivity contribution in [3.8, 4) is 17.6 Å². The molecule has 1 saturated carbocycles. The van der Waals surface area contributed by atoms with Crippen LogP contribution in [0.15, 0.2) is 126 Å². The standard InChI is InChI=1S/C49H58N5O7P/c1-34(2)54(35(3)4)62(58-32-14-30-50)61-45-43-27-29-48(45,60-46(43)53-31-28-44(52-47(53)55)51-33-37-15-10-8-11-16-37)36(5)59-49(38-17-12-9-13-18-38,39-19-23-41(56-6)24-20-39)40-21-25-42(57-7)26-22-40/h8-13,15-26,28,31,34-36,43,45-46H,14,27,29,32-33H2,1-7H3,(H,51,52,55)/t36?,43-,45-,46?,48?,62?/m1/s1. The number of ether oxygens (including phenoxy) is 4. The van der Waals surface area contributed by atoms with Gasteiger partial charge in [0.05, 0.1) is 39.4 Å². The minimum absolute atomic E-state index is 0.0715. The molecular formula is C49H58N5O7P. The van der Waals surface area contributed by atoms with Crippen molar-refractivity contribution in [2.45, 2.75) is 102 Å². The monoisotopic (exact) mass is 859 g/mol. The highest BCUT2D eigenvalue weighted by Crippen LogP contribution is 2.61. The van der Waals surface area contributed by atoms with Gasteiger partial charge in [0.25, 0.3) is 8.53 Å². The summed E-state index contributed by atoms with van der Waals surface area (Å²) in [5, 5.41) is 12.8. The van der Waals surface area contributed by atoms with Gasteiger partial charge in [-0.3, -0.25) is 4.57 Å². The van der Waals surface area contributed by atoms with E-state index in [2.05, 4.69) is 60.9 Å². The van der Waals surface area contributed by atoms with Crippen molar-refractivity contribution in [2.24, 2.45) is 5.92 Å². The number of nitrogens with zero attached hydrogens (tertiary/aromatic N) is 4. The zero-order valence-corrected chi connectivity index (χ0v) is 37.5. The van der Waals surface area contributed by atoms with Crippen molar-refractivity contribution in [1.29, 1.82) is 5.26 Å². The van der Waals surface area contributed by atoms with Gasteiger partial charge in [-0.15, -0.1) is 0 Å². The molecule has 7 rings (SSSR count). The third-order valence-electron chi connectivity index (χ3n) is 11.9. The number of anilines is 1. The Balaban J connectivity index is 1.33. The Morgan fingerprint density at radius 3 is 2.00 bits per heavy atom. The quantitative estimate of drug-likeness (QED) is 0.0456. The van der Waals surface area contributed by atoms with Crippen LogP contribution in [0.4, 0.5) is 5.82 Å². The number of hydrogen-bond donors (Lipinski definition) is 1. The van der Waals surface area contributed by atoms with Gasteiger partial charge < -0.3 is 33.3 Å². The van der Waals surface area contributed by atoms with Crippen LogP contribution in [0.25, 0.3) is 0 Å². The molecule has 0 radical (unpaired) electrons. The fourth-order valence-electron chi connectivity index (χ4n) is 9.02. The highest BCUT2D eigenvalue weighted by molar-refractivity contribution is 7.44. The van der Waals surface area contributed by atoms with Crippen molar-refractivity contribution in [2.75, 3.05) is 26.1 Å². The first-order chi connectivity index (χ1) is 30.0. The number of nitriles is 1. The summed E-state index contributed by atoms with van der Waals surface area (Å²) in [5.41, 5.74) is 1.10. The second-order valence-electron chi connectivity index (χ2n) is 16.3. The Bertz CT molecular complexity index is 2250. The van der Waals surface area contributed by atoms with Gasteiger partial charge in [-0.1, -0.05) is 84.9 Å². The maximum absolute atomic E-state index is 14.0. The number of aromatic nitrogens is 2. The molecule has 1 aliphatic heterocycles. The van der Waals surface area contributed by atoms with E-state index in [1.807, 2.05) is 110 Å². The van der Waals surface area contributed by atoms with E-state index < -0.39 is 43.9 Å². The summed E-state index contributed by atoms with van der Waals surface area (Å²) in [4.78, 5) is 18.5. The first-order valence-electron chi connectivity index (χ1n) is 21.4. The van der Waals surface area contributed by atoms with E-state index in [-0.39, 0.29) is 31.0 Å². The number of fused-ring (bicyclic) bond motifs is 2. The fraction of sp³-hybridized carbons (Fsp3) is 0.408. The molecule has 1 aromatic heterocycles. The van der Waals surface area contributed by atoms with E-state index in [1.165, 1.54) is 0 Å². The number of nitrogens with one attached hydrogen (secondary N) is 1. The van der Waals surface area contributed by atoms with Gasteiger partial charge in [0.15, 0.2) is 0 Å². The number of rotatable bonds is 20. The molecule has 62 heavy (non-hydrogen) atoms. The van der Waals surface area contributed by atoms with Crippen molar-refractivity contribution < 1.29 is 28.0 Å². The molecule has 1 aliphatic carbocycles. The van der Waals surface area contributed by atoms with E-state index in [1.54, 1.807) is 25.0 Å². The molecule has 4 unspecified atom stereocenters. The third-order valence-corrected chi connectivity index (χ3v) is 14.1. The van der Waals surface area contributed by atoms with Crippen LogP contribution in [0.5, 0.6) is 11.5 Å². The molecule has 12 nitrogen and oxygen atoms in total. The smallest absolute Gasteiger partial charge is 0.351 e. The van der Waals surface area contributed by atoms with E-state index >= 15 is 0 Å². The second-order valence-corrected chi connectivity index (χ2v) is 17.8. The van der Waals surface area contributed by atoms with Crippen LogP contribution >= 0.6 is 8.53 Å². The lowest BCUT2D eigenvalue weighted by atomic mass is 9.79. The number of hydrogen-bond acceptors (Lipinski definition) is 11. The Morgan fingerprint density at radius 1 is 0.871 bits per heavy atom. The minimum Gasteiger partial charge on any atom is -0.497 e. The van der Waals surface area contributed by atoms with Gasteiger partial charge in [0.2, 0.25) is 0 Å². The second kappa shape index (κ2) is 19.9. The molecule has 4 aromatic carbocycles. The van der Waals surface area contributed by atoms with Crippen molar-refractivity contribution in [3.05, 3.63) is 154 Å². The summed E-state index contributed by atoms with van der Waals surface area (Å²) >= 11 is 0. The Morgan fingerprint density at radius 2 is 1.45 bits per heavy atom. The molecule has 326 valence electrons. The van der Waals surface area contributed by atoms with Gasteiger partial charge in [-0.05, 0) is 100 Å². The van der Waals surface area contributed by atoms with Gasteiger partial charge in [0, 0.05) is 30.7 Å². The molecule has 13 heteroatoms. The summed E-state index contributed by atoms with van der Waals surface area (Å²) in [5.74, 6) is 1.65. The number of benzene rings is 4. The molecule has 0 spiro atoms. The largest absolute Gasteiger partial charge is 0.497 e. The SMILES string of the molecule is COc1ccc(C(OC(C)C23CC[C@@H](C(n4ccc(NCc5ccccc5)nc4=O)O2)[C@H]3OP(OCCC#N)N(C(C)C)C(C)C)(c2ccccc2)c2ccc(OC)cc2)cc1. The zero-order valence-electron chi connectivity index (χ0n) is 36.6. The van der Waals surface area contributed by atoms with E-state index in [9.17, 15) is 10.1 Å². The van der Waals surface area contributed by atoms with Crippen molar-refractivity contribution in [1.82, 2.24) is 14.2 Å². The molecule has 2 aliphatic rings. The maximum Gasteiger partial charge on any atom is 0.351 e. The summed E-state index contributed by atoms with van der Waals surface area (Å²) in [6.45, 7) is 11.3. The lowest BCUT2D eigenvalue weighted by Gasteiger charge is -2.45. The molecule has 5 aromatic rings. The van der Waals surface area contributed by atoms with Crippen LogP contribution < -0.4 is 20.5 Å². The summed E-state index contributed by atoms with van der Waals surface area (Å²) in [6, 6.07) is 40.2. The predicted molar refractivity (Wildman–Crippen MR) is 241 cm³/mol. The molecule has 1 saturated heterocycles. The lowest BCUT2D eigenvalue weighted by Crippen LogP contribution is -2.52. The Hall–Kier alpha value is -5.12. The average molecular weight is 860 g/mol. The van der Waals surface area contributed by atoms with E-state index in [4.69, 9.17) is 28.0 Å². The van der Waals surface area contributed by atoms with Crippen LogP contribution in [-0.4, -0.2) is 64.9 Å². The Kier molecular flexibility index (Phi) is 14.4. The summed E-state index contributed by atoms with van der Waals surface area (Å²) in [7, 11) is 1.61. The van der Waals surface area contributed by atoms with Crippen LogP contribution in [0, 0.1) is 17.2 Å². The van der Waals surface area contributed by atoms with Crippen LogP contribution in [0.3, 0.4) is 0 Å². The lowest BCUT2D eigenvalue weighted by molar-refractivity contribution is -0.203. The minimum atomic E-state index is -1.69. The van der Waals surface area contributed by atoms with Gasteiger partial charge in [-0.2, -0.15) is 10.2 Å². The zero-order chi connectivity index (χ0) is 43.9. The molecule has 2 fully saturated rings. The van der Waals surface area contributed by atoms with Crippen LogP contribution in [0.2, 0.25) is 0 Å². The highest BCUT2D eigenvalue weighted by Gasteiger charge is 2.66. The first kappa shape index (κ1) is 44.9. The van der Waals surface area contributed by atoms with Gasteiger partial charge in [0.1, 0.15) is 40.9 Å². The van der Waals surface area contributed by atoms with Gasteiger partial charge in [-0.25, -0.2) is 9.46 Å². The van der Waals surface area contributed by atoms with Gasteiger partial charge >= 0.3 is 5.69 Å². The first-order valence-corrected chi connectivity index (χ1v) is 22.5. The molecular weight excluding hydrogens is 802 g/mol. The van der Waals surface area contributed by atoms with Crippen molar-refractivity contribution in [3.63, 3.8) is 0 Å². The predicted octanol–water partition coefficient (Wildman–Crippen LogP) is 9.61. The maximum atomic E-state index is 14.0. The molecule has 1 N–H and O–H groups in total. The van der Waals surface area contributed by atoms with E-state index in [0.717, 1.165) is 33.8 Å². The molecule has 2 heterocycles. The normalized spacial score (nSPS) is 20.6. The Labute approximate surface area is 366 Å².